The van der Waals surface area contributed by atoms with Gasteiger partial charge in [0.25, 0.3) is 5.69 Å². The lowest BCUT2D eigenvalue weighted by atomic mass is 10.2. The number of nitro benzene ring substituents is 1. The van der Waals surface area contributed by atoms with Crippen molar-refractivity contribution in [2.24, 2.45) is 0 Å². The Balaban J connectivity index is 2.05. The Bertz CT molecular complexity index is 778. The second-order valence-corrected chi connectivity index (χ2v) is 4.26. The molecule has 100 valence electrons. The Morgan fingerprint density at radius 2 is 1.95 bits per heavy atom. The summed E-state index contributed by atoms with van der Waals surface area (Å²) in [4.78, 5) is 14.6. The average Bonchev–Trinajstić information content (AvgIpc) is 2.90. The minimum Gasteiger partial charge on any atom is -0.436 e. The number of rotatable bonds is 3. The molecule has 6 nitrogen and oxygen atoms in total. The fourth-order valence-corrected chi connectivity index (χ4v) is 1.93. The van der Waals surface area contributed by atoms with Gasteiger partial charge in [-0.15, -0.1) is 0 Å². The minimum atomic E-state index is -0.455. The lowest BCUT2D eigenvalue weighted by molar-refractivity contribution is -0.384. The topological polar surface area (TPSA) is 81.2 Å². The summed E-state index contributed by atoms with van der Waals surface area (Å²) < 4.78 is 5.58. The number of anilines is 1. The highest BCUT2D eigenvalue weighted by Gasteiger charge is 2.12. The normalized spacial score (nSPS) is 10.7. The van der Waals surface area contributed by atoms with Gasteiger partial charge in [-0.1, -0.05) is 0 Å². The van der Waals surface area contributed by atoms with E-state index in [9.17, 15) is 10.1 Å². The maximum atomic E-state index is 10.7. The van der Waals surface area contributed by atoms with Crippen molar-refractivity contribution in [2.45, 2.75) is 0 Å². The standard InChI is InChI=1S/C14H11N3O3/c1-15-10-4-2-9(3-5-10)14-16-12-7-6-11(17(18)19)8-13(12)20-14/h2-8,15H,1H3. The van der Waals surface area contributed by atoms with Crippen molar-refractivity contribution in [3.8, 4) is 11.5 Å². The molecule has 2 aromatic carbocycles. The first-order chi connectivity index (χ1) is 9.67. The molecule has 1 N–H and O–H groups in total. The third-order valence-corrected chi connectivity index (χ3v) is 3.00. The molecule has 0 saturated heterocycles. The van der Waals surface area contributed by atoms with Crippen molar-refractivity contribution in [1.29, 1.82) is 0 Å². The summed E-state index contributed by atoms with van der Waals surface area (Å²) in [5.74, 6) is 0.447. The number of aromatic nitrogens is 1. The largest absolute Gasteiger partial charge is 0.436 e. The number of hydrogen-bond acceptors (Lipinski definition) is 5. The smallest absolute Gasteiger partial charge is 0.273 e. The van der Waals surface area contributed by atoms with E-state index in [2.05, 4.69) is 10.3 Å². The van der Waals surface area contributed by atoms with Gasteiger partial charge in [-0.2, -0.15) is 0 Å². The molecule has 0 fully saturated rings. The zero-order valence-corrected chi connectivity index (χ0v) is 10.7. The summed E-state index contributed by atoms with van der Waals surface area (Å²) in [6.07, 6.45) is 0. The van der Waals surface area contributed by atoms with Crippen LogP contribution in [0.2, 0.25) is 0 Å². The lowest BCUT2D eigenvalue weighted by Gasteiger charge is -1.99. The number of nitrogens with zero attached hydrogens (tertiary/aromatic N) is 2. The summed E-state index contributed by atoms with van der Waals surface area (Å²) in [5, 5.41) is 13.8. The van der Waals surface area contributed by atoms with E-state index >= 15 is 0 Å². The maximum Gasteiger partial charge on any atom is 0.273 e. The average molecular weight is 269 g/mol. The minimum absolute atomic E-state index is 0.00858. The van der Waals surface area contributed by atoms with Crippen LogP contribution in [0.25, 0.3) is 22.6 Å². The van der Waals surface area contributed by atoms with E-state index in [4.69, 9.17) is 4.42 Å². The maximum absolute atomic E-state index is 10.7. The SMILES string of the molecule is CNc1ccc(-c2nc3ccc([N+](=O)[O-])cc3o2)cc1. The van der Waals surface area contributed by atoms with E-state index < -0.39 is 4.92 Å². The highest BCUT2D eigenvalue weighted by molar-refractivity contribution is 5.78. The number of fused-ring (bicyclic) bond motifs is 1. The van der Waals surface area contributed by atoms with Crippen LogP contribution in [0.5, 0.6) is 0 Å². The van der Waals surface area contributed by atoms with Gasteiger partial charge in [0, 0.05) is 24.4 Å². The van der Waals surface area contributed by atoms with Crippen LogP contribution in [-0.2, 0) is 0 Å². The highest BCUT2D eigenvalue weighted by Crippen LogP contribution is 2.27. The van der Waals surface area contributed by atoms with Gasteiger partial charge in [-0.05, 0) is 30.3 Å². The van der Waals surface area contributed by atoms with Crippen LogP contribution in [0, 0.1) is 10.1 Å². The number of nitrogens with one attached hydrogen (secondary N) is 1. The number of hydrogen-bond donors (Lipinski definition) is 1. The summed E-state index contributed by atoms with van der Waals surface area (Å²) in [5.41, 5.74) is 2.81. The molecule has 0 radical (unpaired) electrons. The molecule has 6 heteroatoms. The van der Waals surface area contributed by atoms with E-state index in [1.165, 1.54) is 12.1 Å². The summed E-state index contributed by atoms with van der Waals surface area (Å²) in [6, 6.07) is 12.0. The molecule has 0 amide bonds. The van der Waals surface area contributed by atoms with Crippen LogP contribution in [0.4, 0.5) is 11.4 Å². The molecule has 20 heavy (non-hydrogen) atoms. The van der Waals surface area contributed by atoms with E-state index in [1.54, 1.807) is 6.07 Å². The van der Waals surface area contributed by atoms with Crippen LogP contribution < -0.4 is 5.32 Å². The third kappa shape index (κ3) is 2.07. The first kappa shape index (κ1) is 12.2. The quantitative estimate of drug-likeness (QED) is 0.581. The summed E-state index contributed by atoms with van der Waals surface area (Å²) in [6.45, 7) is 0. The van der Waals surface area contributed by atoms with Crippen LogP contribution in [0.15, 0.2) is 46.9 Å². The molecule has 0 spiro atoms. The van der Waals surface area contributed by atoms with Crippen LogP contribution in [0.1, 0.15) is 0 Å². The zero-order chi connectivity index (χ0) is 14.1. The predicted molar refractivity (Wildman–Crippen MR) is 75.6 cm³/mol. The molecule has 3 rings (SSSR count). The molecule has 0 unspecified atom stereocenters. The molecule has 1 aromatic heterocycles. The molecule has 0 bridgehead atoms. The number of oxazole rings is 1. The molecule has 1 heterocycles. The fourth-order valence-electron chi connectivity index (χ4n) is 1.93. The molecule has 0 aliphatic carbocycles. The van der Waals surface area contributed by atoms with Gasteiger partial charge in [0.1, 0.15) is 5.52 Å². The molecule has 0 atom stereocenters. The van der Waals surface area contributed by atoms with Gasteiger partial charge in [-0.3, -0.25) is 10.1 Å². The Morgan fingerprint density at radius 1 is 1.20 bits per heavy atom. The Hall–Kier alpha value is -2.89. The fraction of sp³-hybridized carbons (Fsp3) is 0.0714. The van der Waals surface area contributed by atoms with Crippen molar-refractivity contribution < 1.29 is 9.34 Å². The second kappa shape index (κ2) is 4.65. The van der Waals surface area contributed by atoms with Gasteiger partial charge in [-0.25, -0.2) is 4.98 Å². The van der Waals surface area contributed by atoms with Gasteiger partial charge < -0.3 is 9.73 Å². The molecular formula is C14H11N3O3. The first-order valence-corrected chi connectivity index (χ1v) is 6.00. The zero-order valence-electron chi connectivity index (χ0n) is 10.7. The van der Waals surface area contributed by atoms with E-state index in [-0.39, 0.29) is 5.69 Å². The van der Waals surface area contributed by atoms with Crippen molar-refractivity contribution in [2.75, 3.05) is 12.4 Å². The number of non-ortho nitro benzene ring substituents is 1. The van der Waals surface area contributed by atoms with Crippen LogP contribution >= 0.6 is 0 Å². The van der Waals surface area contributed by atoms with Gasteiger partial charge in [0.05, 0.1) is 11.0 Å². The predicted octanol–water partition coefficient (Wildman–Crippen LogP) is 3.44. The highest BCUT2D eigenvalue weighted by atomic mass is 16.6. The van der Waals surface area contributed by atoms with Crippen LogP contribution in [0.3, 0.4) is 0 Å². The molecular weight excluding hydrogens is 258 g/mol. The molecule has 0 aliphatic heterocycles. The van der Waals surface area contributed by atoms with Crippen molar-refractivity contribution in [3.05, 3.63) is 52.6 Å². The summed E-state index contributed by atoms with van der Waals surface area (Å²) in [7, 11) is 1.84. The molecule has 3 aromatic rings. The van der Waals surface area contributed by atoms with Crippen molar-refractivity contribution in [3.63, 3.8) is 0 Å². The summed E-state index contributed by atoms with van der Waals surface area (Å²) >= 11 is 0. The second-order valence-electron chi connectivity index (χ2n) is 4.26. The Morgan fingerprint density at radius 3 is 2.60 bits per heavy atom. The van der Waals surface area contributed by atoms with E-state index in [1.807, 2.05) is 31.3 Å². The van der Waals surface area contributed by atoms with Gasteiger partial charge in [0.15, 0.2) is 5.58 Å². The van der Waals surface area contributed by atoms with Crippen molar-refractivity contribution in [1.82, 2.24) is 4.98 Å². The van der Waals surface area contributed by atoms with E-state index in [0.29, 0.717) is 17.0 Å². The van der Waals surface area contributed by atoms with E-state index in [0.717, 1.165) is 11.3 Å². The Kier molecular flexibility index (Phi) is 2.83. The Labute approximate surface area is 114 Å². The first-order valence-electron chi connectivity index (χ1n) is 6.00. The van der Waals surface area contributed by atoms with Crippen LogP contribution in [-0.4, -0.2) is 17.0 Å². The van der Waals surface area contributed by atoms with Crippen molar-refractivity contribution >= 4 is 22.5 Å². The third-order valence-electron chi connectivity index (χ3n) is 3.00. The van der Waals surface area contributed by atoms with Gasteiger partial charge in [0.2, 0.25) is 5.89 Å². The molecule has 0 saturated carbocycles. The lowest BCUT2D eigenvalue weighted by Crippen LogP contribution is -1.86. The monoisotopic (exact) mass is 269 g/mol. The molecule has 0 aliphatic rings. The number of nitro groups is 1. The van der Waals surface area contributed by atoms with Gasteiger partial charge >= 0.3 is 0 Å². The number of benzene rings is 2.